The minimum atomic E-state index is -1.45. The Balaban J connectivity index is 2.59. The molecule has 0 saturated heterocycles. The van der Waals surface area contributed by atoms with Gasteiger partial charge in [0.1, 0.15) is 11.4 Å². The number of hydrogen-bond donors (Lipinski definition) is 3. The average molecular weight is 368 g/mol. The number of ether oxygens (including phenoxy) is 2. The summed E-state index contributed by atoms with van der Waals surface area (Å²) < 4.78 is 10.1. The van der Waals surface area contributed by atoms with Crippen molar-refractivity contribution < 1.29 is 19.1 Å². The van der Waals surface area contributed by atoms with Crippen LogP contribution in [0.15, 0.2) is 21.7 Å². The van der Waals surface area contributed by atoms with Gasteiger partial charge in [-0.3, -0.25) is 9.78 Å². The molecule has 0 aliphatic carbocycles. The fourth-order valence-electron chi connectivity index (χ4n) is 2.21. The fourth-order valence-corrected chi connectivity index (χ4v) is 2.59. The van der Waals surface area contributed by atoms with Gasteiger partial charge in [-0.15, -0.1) is 0 Å². The maximum absolute atomic E-state index is 12.4. The average Bonchev–Trinajstić information content (AvgIpc) is 2.73. The second kappa shape index (κ2) is 7.60. The van der Waals surface area contributed by atoms with E-state index in [-0.39, 0.29) is 30.4 Å². The van der Waals surface area contributed by atoms with E-state index in [0.717, 1.165) is 0 Å². The van der Waals surface area contributed by atoms with Gasteiger partial charge in [-0.2, -0.15) is 0 Å². The monoisotopic (exact) mass is 368 g/mol. The summed E-state index contributed by atoms with van der Waals surface area (Å²) in [6, 6.07) is 0. The number of aromatic nitrogens is 2. The lowest BCUT2D eigenvalue weighted by molar-refractivity contribution is -0.146. The quantitative estimate of drug-likeness (QED) is 0.398. The molecule has 0 saturated carbocycles. The van der Waals surface area contributed by atoms with Gasteiger partial charge >= 0.3 is 11.9 Å². The zero-order valence-electron chi connectivity index (χ0n) is 14.4. The van der Waals surface area contributed by atoms with Crippen LogP contribution in [-0.2, 0) is 19.1 Å². The van der Waals surface area contributed by atoms with E-state index in [1.165, 1.54) is 24.8 Å². The van der Waals surface area contributed by atoms with Gasteiger partial charge in [0.15, 0.2) is 16.5 Å². The maximum atomic E-state index is 12.4. The highest BCUT2D eigenvalue weighted by Crippen LogP contribution is 2.28. The molecule has 0 radical (unpaired) electrons. The summed E-state index contributed by atoms with van der Waals surface area (Å²) >= 11 is 1.24. The van der Waals surface area contributed by atoms with Crippen molar-refractivity contribution in [3.8, 4) is 0 Å². The van der Waals surface area contributed by atoms with E-state index in [4.69, 9.17) is 9.47 Å². The van der Waals surface area contributed by atoms with E-state index in [1.807, 2.05) is 0 Å². The van der Waals surface area contributed by atoms with Crippen LogP contribution in [0.3, 0.4) is 0 Å². The summed E-state index contributed by atoms with van der Waals surface area (Å²) in [6.45, 7) is 5.15. The van der Waals surface area contributed by atoms with Gasteiger partial charge in [0.2, 0.25) is 0 Å². The van der Waals surface area contributed by atoms with Crippen molar-refractivity contribution >= 4 is 35.2 Å². The van der Waals surface area contributed by atoms with E-state index < -0.39 is 23.0 Å². The lowest BCUT2D eigenvalue weighted by Gasteiger charge is -2.24. The Morgan fingerprint density at radius 2 is 1.96 bits per heavy atom. The van der Waals surface area contributed by atoms with Crippen molar-refractivity contribution in [1.82, 2.24) is 9.97 Å². The fraction of sp³-hybridized carbons (Fsp3) is 0.467. The lowest BCUT2D eigenvalue weighted by Crippen LogP contribution is -2.44. The molecular formula is C15H20N4O5S. The molecule has 2 heterocycles. The number of nitrogens with one attached hydrogen (secondary N) is 3. The molecule has 9 nitrogen and oxygen atoms in total. The predicted octanol–water partition coefficient (Wildman–Crippen LogP) is 1.10. The minimum absolute atomic E-state index is 0.00574. The molecule has 136 valence electrons. The van der Waals surface area contributed by atoms with Crippen molar-refractivity contribution in [3.05, 3.63) is 22.1 Å². The van der Waals surface area contributed by atoms with Crippen molar-refractivity contribution in [2.75, 3.05) is 30.1 Å². The van der Waals surface area contributed by atoms with Gasteiger partial charge in [-0.1, -0.05) is 11.8 Å². The molecule has 1 aromatic rings. The highest BCUT2D eigenvalue weighted by atomic mass is 32.2. The second-order valence-corrected chi connectivity index (χ2v) is 6.05. The van der Waals surface area contributed by atoms with Crippen LogP contribution in [0, 0.1) is 0 Å². The molecule has 0 aromatic carbocycles. The molecule has 0 bridgehead atoms. The first-order chi connectivity index (χ1) is 11.8. The lowest BCUT2D eigenvalue weighted by atomic mass is 10.0. The first kappa shape index (κ1) is 18.8. The molecule has 1 aliphatic rings. The van der Waals surface area contributed by atoms with Crippen molar-refractivity contribution in [3.63, 3.8) is 0 Å². The molecule has 10 heteroatoms. The standard InChI is InChI=1S/C15H20N4O5S/c1-5-23-12(21)8-7-15(3,13(22)24-6-2)19-9-10(16-8)17-14(25-4)18-11(9)20/h7,19H,5-6H2,1-4H3,(H2,16,17,18,20)/t15-/m0/s1. The smallest absolute Gasteiger partial charge is 0.354 e. The Morgan fingerprint density at radius 1 is 1.28 bits per heavy atom. The van der Waals surface area contributed by atoms with E-state index in [1.54, 1.807) is 20.1 Å². The highest BCUT2D eigenvalue weighted by molar-refractivity contribution is 7.98. The summed E-state index contributed by atoms with van der Waals surface area (Å²) in [5.41, 5.74) is -1.90. The molecule has 1 aliphatic heterocycles. The number of thioether (sulfide) groups is 1. The Hall–Kier alpha value is -2.49. The van der Waals surface area contributed by atoms with Crippen molar-refractivity contribution in [1.29, 1.82) is 0 Å². The molecule has 0 unspecified atom stereocenters. The number of aromatic amines is 1. The van der Waals surface area contributed by atoms with Gasteiger partial charge in [0.25, 0.3) is 5.56 Å². The number of esters is 2. The van der Waals surface area contributed by atoms with Crippen LogP contribution in [0.2, 0.25) is 0 Å². The van der Waals surface area contributed by atoms with Crippen LogP contribution in [0.25, 0.3) is 0 Å². The number of nitrogens with zero attached hydrogens (tertiary/aromatic N) is 1. The number of carbonyl (C=O) groups is 2. The van der Waals surface area contributed by atoms with Crippen LogP contribution in [-0.4, -0.2) is 46.9 Å². The summed E-state index contributed by atoms with van der Waals surface area (Å²) in [5.74, 6) is -1.18. The van der Waals surface area contributed by atoms with Crippen LogP contribution >= 0.6 is 11.8 Å². The number of H-pyrrole nitrogens is 1. The first-order valence-electron chi connectivity index (χ1n) is 7.65. The van der Waals surface area contributed by atoms with Crippen molar-refractivity contribution in [2.45, 2.75) is 31.5 Å². The Morgan fingerprint density at radius 3 is 2.56 bits per heavy atom. The molecule has 3 N–H and O–H groups in total. The van der Waals surface area contributed by atoms with Gasteiger partial charge in [-0.05, 0) is 33.1 Å². The predicted molar refractivity (Wildman–Crippen MR) is 93.6 cm³/mol. The van der Waals surface area contributed by atoms with Gasteiger partial charge < -0.3 is 20.1 Å². The third kappa shape index (κ3) is 3.95. The third-order valence-corrected chi connectivity index (χ3v) is 3.94. The molecular weight excluding hydrogens is 348 g/mol. The van der Waals surface area contributed by atoms with Gasteiger partial charge in [0.05, 0.1) is 13.2 Å². The number of hydrogen-bond acceptors (Lipinski definition) is 9. The molecule has 1 atom stereocenters. The topological polar surface area (TPSA) is 122 Å². The molecule has 25 heavy (non-hydrogen) atoms. The minimum Gasteiger partial charge on any atom is -0.464 e. The zero-order chi connectivity index (χ0) is 18.6. The van der Waals surface area contributed by atoms with Crippen LogP contribution in [0.4, 0.5) is 11.5 Å². The van der Waals surface area contributed by atoms with Crippen LogP contribution in [0.1, 0.15) is 20.8 Å². The Bertz CT molecular complexity index is 776. The maximum Gasteiger partial charge on any atom is 0.354 e. The van der Waals surface area contributed by atoms with E-state index in [0.29, 0.717) is 5.16 Å². The second-order valence-electron chi connectivity index (χ2n) is 5.25. The molecule has 2 rings (SSSR count). The van der Waals surface area contributed by atoms with Gasteiger partial charge in [0, 0.05) is 0 Å². The van der Waals surface area contributed by atoms with E-state index >= 15 is 0 Å². The number of fused-ring (bicyclic) bond motifs is 1. The largest absolute Gasteiger partial charge is 0.464 e. The zero-order valence-corrected chi connectivity index (χ0v) is 15.2. The number of rotatable bonds is 5. The van der Waals surface area contributed by atoms with Crippen molar-refractivity contribution in [2.24, 2.45) is 0 Å². The first-order valence-corrected chi connectivity index (χ1v) is 8.87. The molecule has 0 spiro atoms. The highest BCUT2D eigenvalue weighted by Gasteiger charge is 2.38. The SMILES string of the molecule is CCOC(=O)C1=C[C@@](C)(C(=O)OCC)Nc2c(nc(SC)[nH]c2=O)N1. The normalized spacial score (nSPS) is 18.8. The summed E-state index contributed by atoms with van der Waals surface area (Å²) in [7, 11) is 0. The third-order valence-electron chi connectivity index (χ3n) is 3.36. The molecule has 1 aromatic heterocycles. The number of carbonyl (C=O) groups excluding carboxylic acids is 2. The number of anilines is 2. The molecule has 0 fully saturated rings. The Kier molecular flexibility index (Phi) is 5.73. The Labute approximate surface area is 148 Å². The van der Waals surface area contributed by atoms with E-state index in [9.17, 15) is 14.4 Å². The van der Waals surface area contributed by atoms with Crippen LogP contribution in [0.5, 0.6) is 0 Å². The summed E-state index contributed by atoms with van der Waals surface area (Å²) in [6.07, 6.45) is 3.09. The summed E-state index contributed by atoms with van der Waals surface area (Å²) in [5, 5.41) is 5.98. The van der Waals surface area contributed by atoms with E-state index in [2.05, 4.69) is 20.6 Å². The van der Waals surface area contributed by atoms with Gasteiger partial charge in [-0.25, -0.2) is 14.6 Å². The molecule has 0 amide bonds. The summed E-state index contributed by atoms with van der Waals surface area (Å²) in [4.78, 5) is 43.8. The van der Waals surface area contributed by atoms with Crippen LogP contribution < -0.4 is 16.2 Å².